The minimum absolute atomic E-state index is 0.00949. The largest absolute Gasteiger partial charge is 0.299 e. The lowest BCUT2D eigenvalue weighted by atomic mass is 10.0. The summed E-state index contributed by atoms with van der Waals surface area (Å²) in [4.78, 5) is 14.0. The van der Waals surface area contributed by atoms with Crippen molar-refractivity contribution in [2.45, 2.75) is 26.7 Å². The molecule has 0 bridgehead atoms. The molecule has 1 atom stereocenters. The van der Waals surface area contributed by atoms with E-state index in [1.165, 1.54) is 24.2 Å². The van der Waals surface area contributed by atoms with Crippen molar-refractivity contribution in [2.24, 2.45) is 5.92 Å². The van der Waals surface area contributed by atoms with Crippen LogP contribution in [0.4, 0.5) is 5.13 Å². The number of nitrogens with one attached hydrogen (secondary N) is 1. The molecule has 6 heteroatoms. The third-order valence-electron chi connectivity index (χ3n) is 2.88. The molecule has 1 amide bonds. The molecule has 0 spiro atoms. The van der Waals surface area contributed by atoms with Crippen LogP contribution in [0.25, 0.3) is 0 Å². The maximum atomic E-state index is 11.8. The van der Waals surface area contributed by atoms with Crippen LogP contribution in [-0.2, 0) is 4.79 Å². The number of nitrogens with zero attached hydrogens (tertiary/aromatic N) is 3. The molecule has 1 aromatic heterocycles. The fourth-order valence-electron chi connectivity index (χ4n) is 2.14. The molecule has 0 aliphatic carbocycles. The van der Waals surface area contributed by atoms with Crippen LogP contribution in [-0.4, -0.2) is 40.6 Å². The molecule has 1 N–H and O–H groups in total. The van der Waals surface area contributed by atoms with E-state index >= 15 is 0 Å². The minimum atomic E-state index is 0.00949. The van der Waals surface area contributed by atoms with Gasteiger partial charge in [-0.05, 0) is 32.2 Å². The lowest BCUT2D eigenvalue weighted by molar-refractivity contribution is -0.117. The lowest BCUT2D eigenvalue weighted by Crippen LogP contribution is -2.39. The van der Waals surface area contributed by atoms with Crippen LogP contribution >= 0.6 is 11.3 Å². The Hall–Kier alpha value is -1.01. The van der Waals surface area contributed by atoms with Gasteiger partial charge in [-0.2, -0.15) is 0 Å². The number of rotatable bonds is 3. The Balaban J connectivity index is 1.80. The van der Waals surface area contributed by atoms with Crippen molar-refractivity contribution >= 4 is 22.4 Å². The van der Waals surface area contributed by atoms with Crippen LogP contribution in [0.5, 0.6) is 0 Å². The number of hydrogen-bond acceptors (Lipinski definition) is 5. The molecule has 2 heterocycles. The van der Waals surface area contributed by atoms with E-state index in [4.69, 9.17) is 0 Å². The molecule has 17 heavy (non-hydrogen) atoms. The smallest absolute Gasteiger partial charge is 0.240 e. The minimum Gasteiger partial charge on any atom is -0.299 e. The summed E-state index contributed by atoms with van der Waals surface area (Å²) in [6, 6.07) is 0. The predicted molar refractivity (Wildman–Crippen MR) is 68.1 cm³/mol. The fraction of sp³-hybridized carbons (Fsp3) is 0.727. The number of likely N-dealkylation sites (tertiary alicyclic amines) is 1. The van der Waals surface area contributed by atoms with Crippen LogP contribution in [0.1, 0.15) is 24.8 Å². The molecule has 1 aromatic rings. The van der Waals surface area contributed by atoms with E-state index in [2.05, 4.69) is 27.3 Å². The highest BCUT2D eigenvalue weighted by atomic mass is 32.1. The Labute approximate surface area is 105 Å². The zero-order valence-electron chi connectivity index (χ0n) is 10.3. The Morgan fingerprint density at radius 1 is 1.59 bits per heavy atom. The van der Waals surface area contributed by atoms with E-state index in [0.717, 1.165) is 18.1 Å². The average Bonchev–Trinajstić information content (AvgIpc) is 2.63. The highest BCUT2D eigenvalue weighted by Gasteiger charge is 2.18. The first-order valence-corrected chi connectivity index (χ1v) is 6.77. The van der Waals surface area contributed by atoms with Crippen molar-refractivity contribution in [1.82, 2.24) is 15.1 Å². The van der Waals surface area contributed by atoms with Gasteiger partial charge in [-0.25, -0.2) is 0 Å². The maximum Gasteiger partial charge on any atom is 0.240 e. The van der Waals surface area contributed by atoms with Gasteiger partial charge in [0.15, 0.2) is 0 Å². The van der Waals surface area contributed by atoms with Gasteiger partial charge in [0.25, 0.3) is 0 Å². The van der Waals surface area contributed by atoms with E-state index in [-0.39, 0.29) is 5.91 Å². The van der Waals surface area contributed by atoms with Gasteiger partial charge >= 0.3 is 0 Å². The van der Waals surface area contributed by atoms with Crippen LogP contribution in [0, 0.1) is 12.8 Å². The summed E-state index contributed by atoms with van der Waals surface area (Å²) >= 11 is 1.41. The number of aromatic nitrogens is 2. The number of hydrogen-bond donors (Lipinski definition) is 1. The number of carbonyl (C=O) groups is 1. The van der Waals surface area contributed by atoms with Gasteiger partial charge in [-0.1, -0.05) is 18.3 Å². The van der Waals surface area contributed by atoms with Crippen LogP contribution < -0.4 is 5.32 Å². The number of carbonyl (C=O) groups excluding carboxylic acids is 1. The highest BCUT2D eigenvalue weighted by molar-refractivity contribution is 7.15. The molecule has 1 aliphatic heterocycles. The molecule has 1 aliphatic rings. The van der Waals surface area contributed by atoms with Crippen LogP contribution in [0.15, 0.2) is 0 Å². The Morgan fingerprint density at radius 3 is 3.06 bits per heavy atom. The molecular formula is C11H18N4OS. The maximum absolute atomic E-state index is 11.8. The first kappa shape index (κ1) is 12.4. The highest BCUT2D eigenvalue weighted by Crippen LogP contribution is 2.16. The molecule has 0 unspecified atom stereocenters. The quantitative estimate of drug-likeness (QED) is 0.888. The van der Waals surface area contributed by atoms with E-state index in [9.17, 15) is 4.79 Å². The van der Waals surface area contributed by atoms with Gasteiger partial charge in [0.05, 0.1) is 6.54 Å². The molecule has 0 aromatic carbocycles. The van der Waals surface area contributed by atoms with Crippen molar-refractivity contribution in [3.63, 3.8) is 0 Å². The summed E-state index contributed by atoms with van der Waals surface area (Å²) in [5, 5.41) is 12.0. The molecule has 0 saturated carbocycles. The average molecular weight is 254 g/mol. The number of piperidine rings is 1. The lowest BCUT2D eigenvalue weighted by Gasteiger charge is -2.29. The fourth-order valence-corrected chi connectivity index (χ4v) is 2.75. The summed E-state index contributed by atoms with van der Waals surface area (Å²) in [5.41, 5.74) is 0. The summed E-state index contributed by atoms with van der Waals surface area (Å²) < 4.78 is 0. The molecule has 0 radical (unpaired) electrons. The summed E-state index contributed by atoms with van der Waals surface area (Å²) in [7, 11) is 0. The van der Waals surface area contributed by atoms with Gasteiger partial charge in [0, 0.05) is 6.54 Å². The summed E-state index contributed by atoms with van der Waals surface area (Å²) in [6.45, 7) is 6.61. The first-order valence-electron chi connectivity index (χ1n) is 5.96. The van der Waals surface area contributed by atoms with E-state index < -0.39 is 0 Å². The third kappa shape index (κ3) is 3.74. The number of amides is 1. The normalized spacial score (nSPS) is 21.4. The summed E-state index contributed by atoms with van der Waals surface area (Å²) in [6.07, 6.45) is 2.46. The third-order valence-corrected chi connectivity index (χ3v) is 3.63. The van der Waals surface area contributed by atoms with Gasteiger partial charge in [-0.3, -0.25) is 15.0 Å². The number of anilines is 1. The molecule has 5 nitrogen and oxygen atoms in total. The molecule has 1 fully saturated rings. The van der Waals surface area contributed by atoms with Crippen LogP contribution in [0.2, 0.25) is 0 Å². The van der Waals surface area contributed by atoms with Crippen molar-refractivity contribution in [2.75, 3.05) is 25.0 Å². The molecule has 2 rings (SSSR count). The number of aryl methyl sites for hydroxylation is 1. The molecule has 94 valence electrons. The van der Waals surface area contributed by atoms with Gasteiger partial charge in [0.1, 0.15) is 5.01 Å². The molecular weight excluding hydrogens is 236 g/mol. The van der Waals surface area contributed by atoms with Crippen molar-refractivity contribution in [3.05, 3.63) is 5.01 Å². The standard InChI is InChI=1S/C11H18N4OS/c1-8-4-3-5-15(6-8)7-10(16)12-11-14-13-9(2)17-11/h8H,3-7H2,1-2H3,(H,12,14,16)/t8-/m1/s1. The van der Waals surface area contributed by atoms with Crippen molar-refractivity contribution in [1.29, 1.82) is 0 Å². The molecule has 1 saturated heterocycles. The zero-order valence-corrected chi connectivity index (χ0v) is 11.1. The van der Waals surface area contributed by atoms with Gasteiger partial charge in [0.2, 0.25) is 11.0 Å². The van der Waals surface area contributed by atoms with E-state index in [1.807, 2.05) is 6.92 Å². The SMILES string of the molecule is Cc1nnc(NC(=O)CN2CCC[C@@H](C)C2)s1. The van der Waals surface area contributed by atoms with Crippen molar-refractivity contribution in [3.8, 4) is 0 Å². The van der Waals surface area contributed by atoms with E-state index in [1.54, 1.807) is 0 Å². The van der Waals surface area contributed by atoms with Crippen molar-refractivity contribution < 1.29 is 4.79 Å². The Kier molecular flexibility index (Phi) is 4.06. The second-order valence-electron chi connectivity index (χ2n) is 4.66. The van der Waals surface area contributed by atoms with E-state index in [0.29, 0.717) is 17.6 Å². The van der Waals surface area contributed by atoms with Crippen LogP contribution in [0.3, 0.4) is 0 Å². The summed E-state index contributed by atoms with van der Waals surface area (Å²) in [5.74, 6) is 0.704. The first-order chi connectivity index (χ1) is 8.13. The predicted octanol–water partition coefficient (Wildman–Crippen LogP) is 1.52. The second-order valence-corrected chi connectivity index (χ2v) is 5.84. The Morgan fingerprint density at radius 2 is 2.41 bits per heavy atom. The zero-order chi connectivity index (χ0) is 12.3. The Bertz CT molecular complexity index is 393. The van der Waals surface area contributed by atoms with Gasteiger partial charge < -0.3 is 0 Å². The topological polar surface area (TPSA) is 58.1 Å². The van der Waals surface area contributed by atoms with Gasteiger partial charge in [-0.15, -0.1) is 10.2 Å². The monoisotopic (exact) mass is 254 g/mol. The second kappa shape index (κ2) is 5.55.